The lowest BCUT2D eigenvalue weighted by molar-refractivity contribution is 0.0478. The number of nitrogens with zero attached hydrogens (tertiary/aromatic N) is 2. The third-order valence-electron chi connectivity index (χ3n) is 3.63. The molecule has 0 atom stereocenters. The minimum Gasteiger partial charge on any atom is -0.457 e. The largest absolute Gasteiger partial charge is 0.457 e. The predicted octanol–water partition coefficient (Wildman–Crippen LogP) is 4.16. The van der Waals surface area contributed by atoms with Crippen LogP contribution in [0.5, 0.6) is 0 Å². The molecule has 0 saturated heterocycles. The molecule has 3 rings (SSSR count). The Labute approximate surface area is 150 Å². The van der Waals surface area contributed by atoms with E-state index < -0.39 is 0 Å². The Balaban J connectivity index is 1.56. The number of esters is 1. The molecule has 0 saturated carbocycles. The summed E-state index contributed by atoms with van der Waals surface area (Å²) in [4.78, 5) is 17.0. The second-order valence-electron chi connectivity index (χ2n) is 5.51. The molecule has 124 valence electrons. The molecule has 25 heavy (non-hydrogen) atoms. The lowest BCUT2D eigenvalue weighted by Gasteiger charge is -2.04. The summed E-state index contributed by atoms with van der Waals surface area (Å²) >= 11 is 1.36. The van der Waals surface area contributed by atoms with E-state index in [0.29, 0.717) is 17.7 Å². The van der Waals surface area contributed by atoms with Crippen LogP contribution in [0, 0.1) is 11.3 Å². The third kappa shape index (κ3) is 4.75. The second kappa shape index (κ2) is 8.22. The number of hydrogen-bond donors (Lipinski definition) is 0. The molecule has 0 N–H and O–H groups in total. The summed E-state index contributed by atoms with van der Waals surface area (Å²) in [7, 11) is 0. The van der Waals surface area contributed by atoms with Gasteiger partial charge in [-0.1, -0.05) is 54.6 Å². The molecular weight excluding hydrogens is 332 g/mol. The van der Waals surface area contributed by atoms with Crippen LogP contribution in [0.4, 0.5) is 0 Å². The summed E-state index contributed by atoms with van der Waals surface area (Å²) in [5.74, 6) is -0.363. The highest BCUT2D eigenvalue weighted by atomic mass is 32.1. The Morgan fingerprint density at radius 2 is 1.76 bits per heavy atom. The lowest BCUT2D eigenvalue weighted by atomic mass is 10.1. The fourth-order valence-corrected chi connectivity index (χ4v) is 3.17. The summed E-state index contributed by atoms with van der Waals surface area (Å²) in [6.07, 6.45) is 2.66. The van der Waals surface area contributed by atoms with Crippen LogP contribution in [0.3, 0.4) is 0 Å². The fraction of sp³-hybridized carbons (Fsp3) is 0.150. The first-order valence-corrected chi connectivity index (χ1v) is 8.67. The minimum absolute atomic E-state index is 0.206. The fourth-order valence-electron chi connectivity index (χ4n) is 2.32. The number of carbonyl (C=O) groups excluding carboxylic acids is 1. The Morgan fingerprint density at radius 3 is 2.48 bits per heavy atom. The molecular formula is C20H16N2O2S. The van der Waals surface area contributed by atoms with Gasteiger partial charge in [0.2, 0.25) is 0 Å². The van der Waals surface area contributed by atoms with Gasteiger partial charge in [-0.05, 0) is 16.7 Å². The van der Waals surface area contributed by atoms with Crippen LogP contribution in [0.2, 0.25) is 0 Å². The van der Waals surface area contributed by atoms with Crippen LogP contribution in [0.25, 0.3) is 0 Å². The van der Waals surface area contributed by atoms with E-state index in [1.165, 1.54) is 11.3 Å². The van der Waals surface area contributed by atoms with E-state index >= 15 is 0 Å². The normalized spacial score (nSPS) is 10.2. The summed E-state index contributed by atoms with van der Waals surface area (Å²) in [5, 5.41) is 9.55. The Morgan fingerprint density at radius 1 is 1.04 bits per heavy atom. The van der Waals surface area contributed by atoms with Crippen LogP contribution in [0.1, 0.15) is 31.4 Å². The van der Waals surface area contributed by atoms with Gasteiger partial charge in [0.15, 0.2) is 0 Å². The minimum atomic E-state index is -0.363. The van der Waals surface area contributed by atoms with E-state index in [1.54, 1.807) is 6.20 Å². The number of rotatable bonds is 6. The zero-order valence-corrected chi connectivity index (χ0v) is 14.3. The maximum atomic E-state index is 12.2. The molecule has 0 bridgehead atoms. The number of aromatic nitrogens is 1. The SMILES string of the molecule is N#CCc1ccc(COC(=O)c2cnc(Cc3ccccc3)s2)cc1. The van der Waals surface area contributed by atoms with E-state index in [9.17, 15) is 4.79 Å². The van der Waals surface area contributed by atoms with Crippen molar-refractivity contribution in [2.24, 2.45) is 0 Å². The molecule has 0 unspecified atom stereocenters. The number of hydrogen-bond acceptors (Lipinski definition) is 5. The maximum Gasteiger partial charge on any atom is 0.350 e. The molecule has 0 amide bonds. The first-order valence-electron chi connectivity index (χ1n) is 7.85. The lowest BCUT2D eigenvalue weighted by Crippen LogP contribution is -2.03. The van der Waals surface area contributed by atoms with Gasteiger partial charge < -0.3 is 4.74 Å². The standard InChI is InChI=1S/C20H16N2O2S/c21-11-10-15-6-8-17(9-7-15)14-24-20(23)18-13-22-19(25-18)12-16-4-2-1-3-5-16/h1-9,13H,10,12,14H2. The third-order valence-corrected chi connectivity index (χ3v) is 4.61. The molecule has 0 aliphatic heterocycles. The van der Waals surface area contributed by atoms with Gasteiger partial charge in [-0.15, -0.1) is 11.3 Å². The van der Waals surface area contributed by atoms with Gasteiger partial charge in [0.1, 0.15) is 11.5 Å². The zero-order chi connectivity index (χ0) is 17.5. The quantitative estimate of drug-likeness (QED) is 0.628. The second-order valence-corrected chi connectivity index (χ2v) is 6.62. The molecule has 1 aromatic heterocycles. The summed E-state index contributed by atoms with van der Waals surface area (Å²) in [6, 6.07) is 19.6. The van der Waals surface area contributed by atoms with Gasteiger partial charge in [0.25, 0.3) is 0 Å². The van der Waals surface area contributed by atoms with Gasteiger partial charge in [0.05, 0.1) is 23.7 Å². The van der Waals surface area contributed by atoms with Crippen LogP contribution in [-0.2, 0) is 24.2 Å². The molecule has 3 aromatic rings. The number of benzene rings is 2. The number of carbonyl (C=O) groups is 1. The molecule has 0 fully saturated rings. The summed E-state index contributed by atoms with van der Waals surface area (Å²) in [5.41, 5.74) is 3.00. The van der Waals surface area contributed by atoms with Crippen LogP contribution < -0.4 is 0 Å². The topological polar surface area (TPSA) is 63.0 Å². The highest BCUT2D eigenvalue weighted by molar-refractivity contribution is 7.13. The van der Waals surface area contributed by atoms with Crippen molar-refractivity contribution in [1.82, 2.24) is 4.98 Å². The smallest absolute Gasteiger partial charge is 0.350 e. The van der Waals surface area contributed by atoms with Crippen molar-refractivity contribution < 1.29 is 9.53 Å². The number of thiazole rings is 1. The van der Waals surface area contributed by atoms with E-state index in [1.807, 2.05) is 54.6 Å². The first-order chi connectivity index (χ1) is 12.2. The van der Waals surface area contributed by atoms with E-state index in [-0.39, 0.29) is 12.6 Å². The highest BCUT2D eigenvalue weighted by Crippen LogP contribution is 2.18. The molecule has 0 aliphatic rings. The zero-order valence-electron chi connectivity index (χ0n) is 13.5. The van der Waals surface area contributed by atoms with E-state index in [2.05, 4.69) is 11.1 Å². The van der Waals surface area contributed by atoms with Crippen molar-refractivity contribution in [1.29, 1.82) is 5.26 Å². The van der Waals surface area contributed by atoms with Gasteiger partial charge >= 0.3 is 5.97 Å². The van der Waals surface area contributed by atoms with Crippen molar-refractivity contribution in [2.45, 2.75) is 19.4 Å². The Kier molecular flexibility index (Phi) is 5.55. The monoisotopic (exact) mass is 348 g/mol. The average molecular weight is 348 g/mol. The van der Waals surface area contributed by atoms with Crippen LogP contribution in [-0.4, -0.2) is 11.0 Å². The molecule has 5 heteroatoms. The first kappa shape index (κ1) is 16.9. The Bertz CT molecular complexity index is 880. The van der Waals surface area contributed by atoms with Gasteiger partial charge in [-0.25, -0.2) is 9.78 Å². The van der Waals surface area contributed by atoms with E-state index in [0.717, 1.165) is 21.7 Å². The van der Waals surface area contributed by atoms with Gasteiger partial charge in [-0.3, -0.25) is 0 Å². The van der Waals surface area contributed by atoms with Crippen molar-refractivity contribution in [2.75, 3.05) is 0 Å². The maximum absolute atomic E-state index is 12.2. The summed E-state index contributed by atoms with van der Waals surface area (Å²) < 4.78 is 5.34. The van der Waals surface area contributed by atoms with Crippen LogP contribution in [0.15, 0.2) is 60.8 Å². The highest BCUT2D eigenvalue weighted by Gasteiger charge is 2.12. The molecule has 0 radical (unpaired) electrons. The Hall–Kier alpha value is -2.97. The van der Waals surface area contributed by atoms with Crippen molar-refractivity contribution in [3.05, 3.63) is 87.4 Å². The van der Waals surface area contributed by atoms with Crippen LogP contribution >= 0.6 is 11.3 Å². The van der Waals surface area contributed by atoms with Crippen molar-refractivity contribution >= 4 is 17.3 Å². The molecule has 0 spiro atoms. The van der Waals surface area contributed by atoms with Gasteiger partial charge in [0, 0.05) is 6.42 Å². The van der Waals surface area contributed by atoms with E-state index in [4.69, 9.17) is 10.00 Å². The van der Waals surface area contributed by atoms with Gasteiger partial charge in [-0.2, -0.15) is 5.26 Å². The predicted molar refractivity (Wildman–Crippen MR) is 96.2 cm³/mol. The average Bonchev–Trinajstić information content (AvgIpc) is 3.10. The van der Waals surface area contributed by atoms with Crippen molar-refractivity contribution in [3.63, 3.8) is 0 Å². The number of ether oxygens (including phenoxy) is 1. The molecule has 2 aromatic carbocycles. The molecule has 0 aliphatic carbocycles. The molecule has 1 heterocycles. The number of nitriles is 1. The molecule has 4 nitrogen and oxygen atoms in total. The summed E-state index contributed by atoms with van der Waals surface area (Å²) in [6.45, 7) is 0.206. The van der Waals surface area contributed by atoms with Crippen molar-refractivity contribution in [3.8, 4) is 6.07 Å².